The predicted molar refractivity (Wildman–Crippen MR) is 129 cm³/mol. The zero-order chi connectivity index (χ0) is 25.8. The van der Waals surface area contributed by atoms with Crippen molar-refractivity contribution in [2.45, 2.75) is 25.1 Å². The zero-order valence-corrected chi connectivity index (χ0v) is 20.9. The van der Waals surface area contributed by atoms with Crippen molar-refractivity contribution < 1.29 is 22.4 Å². The lowest BCUT2D eigenvalue weighted by Gasteiger charge is -2.33. The number of benzene rings is 1. The van der Waals surface area contributed by atoms with Gasteiger partial charge in [-0.15, -0.1) is 0 Å². The number of aromatic nitrogens is 4. The molecule has 0 N–H and O–H groups in total. The van der Waals surface area contributed by atoms with Gasteiger partial charge in [0.25, 0.3) is 5.89 Å². The Balaban J connectivity index is 1.41. The number of ether oxygens (including phenoxy) is 1. The second-order valence-electron chi connectivity index (χ2n) is 8.34. The maximum absolute atomic E-state index is 13.1. The molecule has 5 rings (SSSR count). The molecule has 1 atom stereocenters. The molecule has 1 aromatic carbocycles. The topological polar surface area (TPSA) is 68.7 Å². The third-order valence-corrected chi connectivity index (χ3v) is 6.69. The molecule has 0 aliphatic carbocycles. The van der Waals surface area contributed by atoms with Crippen LogP contribution in [0.3, 0.4) is 0 Å². The number of allylic oxidation sites excluding steroid dienone is 1. The highest BCUT2D eigenvalue weighted by molar-refractivity contribution is 6.36. The van der Waals surface area contributed by atoms with Gasteiger partial charge >= 0.3 is 6.18 Å². The Kier molecular flexibility index (Phi) is 6.30. The van der Waals surface area contributed by atoms with E-state index in [-0.39, 0.29) is 39.2 Å². The van der Waals surface area contributed by atoms with Crippen LogP contribution in [0.15, 0.2) is 47.4 Å². The van der Waals surface area contributed by atoms with E-state index in [0.29, 0.717) is 22.9 Å². The molecule has 36 heavy (non-hydrogen) atoms. The van der Waals surface area contributed by atoms with Gasteiger partial charge in [0, 0.05) is 36.8 Å². The summed E-state index contributed by atoms with van der Waals surface area (Å²) in [6.07, 6.45) is -0.813. The summed E-state index contributed by atoms with van der Waals surface area (Å²) in [7, 11) is 1.95. The molecule has 1 aliphatic heterocycles. The van der Waals surface area contributed by atoms with Crippen LogP contribution < -0.4 is 4.74 Å². The smallest absolute Gasteiger partial charge is 0.417 e. The van der Waals surface area contributed by atoms with E-state index in [4.69, 9.17) is 44.1 Å². The first kappa shape index (κ1) is 24.7. The van der Waals surface area contributed by atoms with Crippen molar-refractivity contribution in [3.63, 3.8) is 0 Å². The van der Waals surface area contributed by atoms with Crippen molar-refractivity contribution in [3.8, 4) is 28.7 Å². The molecule has 4 heterocycles. The Morgan fingerprint density at radius 2 is 1.86 bits per heavy atom. The van der Waals surface area contributed by atoms with E-state index in [1.54, 1.807) is 12.1 Å². The van der Waals surface area contributed by atoms with E-state index < -0.39 is 11.7 Å². The number of rotatable bonds is 4. The maximum atomic E-state index is 13.1. The third-order valence-electron chi connectivity index (χ3n) is 5.81. The highest BCUT2D eigenvalue weighted by Crippen LogP contribution is 2.38. The van der Waals surface area contributed by atoms with Crippen LogP contribution in [0.25, 0.3) is 28.6 Å². The average Bonchev–Trinajstić information content (AvgIpc) is 3.45. The van der Waals surface area contributed by atoms with Crippen LogP contribution in [0.2, 0.25) is 15.1 Å². The first-order valence-corrected chi connectivity index (χ1v) is 11.8. The summed E-state index contributed by atoms with van der Waals surface area (Å²) >= 11 is 18.9. The van der Waals surface area contributed by atoms with Crippen molar-refractivity contribution in [2.75, 3.05) is 13.6 Å². The van der Waals surface area contributed by atoms with Gasteiger partial charge in [0.05, 0.1) is 27.2 Å². The number of likely N-dealkylation sites (tertiary alicyclic amines) is 1. The largest absolute Gasteiger partial charge is 0.487 e. The van der Waals surface area contributed by atoms with E-state index in [0.717, 1.165) is 35.2 Å². The van der Waals surface area contributed by atoms with Gasteiger partial charge in [-0.2, -0.15) is 18.2 Å². The molecule has 188 valence electrons. The summed E-state index contributed by atoms with van der Waals surface area (Å²) < 4.78 is 51.8. The summed E-state index contributed by atoms with van der Waals surface area (Å²) in [5, 5.41) is 4.35. The van der Waals surface area contributed by atoms with E-state index in [1.807, 2.05) is 11.9 Å². The lowest BCUT2D eigenvalue weighted by Crippen LogP contribution is -2.37. The number of likely N-dealkylation sites (N-methyl/N-ethyl adjacent to an activating group) is 1. The van der Waals surface area contributed by atoms with Crippen LogP contribution in [-0.4, -0.2) is 44.1 Å². The summed E-state index contributed by atoms with van der Waals surface area (Å²) in [6.45, 7) is 4.69. The van der Waals surface area contributed by atoms with Crippen LogP contribution in [-0.2, 0) is 6.18 Å². The van der Waals surface area contributed by atoms with Crippen molar-refractivity contribution in [1.29, 1.82) is 0 Å². The van der Waals surface area contributed by atoms with E-state index in [2.05, 4.69) is 21.7 Å². The number of hydrogen-bond acceptors (Lipinski definition) is 6. The monoisotopic (exact) mass is 557 g/mol. The minimum atomic E-state index is -4.56. The average molecular weight is 559 g/mol. The molecular formula is C23H17Cl3F3N5O2. The SMILES string of the molecule is C=C1CCC(Oc2cc(Cl)c(-c3noc(-c4cn5cc(C(F)(F)F)cc(Cl)c5n4)n3)cc2Cl)CN1C. The van der Waals surface area contributed by atoms with Crippen LogP contribution >= 0.6 is 34.8 Å². The fourth-order valence-electron chi connectivity index (χ4n) is 3.86. The molecule has 1 fully saturated rings. The number of nitrogens with zero attached hydrogens (tertiary/aromatic N) is 5. The summed E-state index contributed by atoms with van der Waals surface area (Å²) in [5.74, 6) is 0.517. The first-order valence-electron chi connectivity index (χ1n) is 10.6. The molecule has 0 radical (unpaired) electrons. The normalized spacial score (nSPS) is 16.7. The Morgan fingerprint density at radius 3 is 2.58 bits per heavy atom. The van der Waals surface area contributed by atoms with Gasteiger partial charge in [0.1, 0.15) is 17.5 Å². The molecule has 1 aliphatic rings. The van der Waals surface area contributed by atoms with Crippen LogP contribution in [0.5, 0.6) is 5.75 Å². The number of imidazole rings is 1. The Labute approximate surface area is 218 Å². The quantitative estimate of drug-likeness (QED) is 0.268. The minimum Gasteiger partial charge on any atom is -0.487 e. The summed E-state index contributed by atoms with van der Waals surface area (Å²) in [6, 6.07) is 3.96. The molecule has 1 saturated heterocycles. The maximum Gasteiger partial charge on any atom is 0.417 e. The van der Waals surface area contributed by atoms with Crippen molar-refractivity contribution in [2.24, 2.45) is 0 Å². The number of fused-ring (bicyclic) bond motifs is 1. The first-order chi connectivity index (χ1) is 17.0. The van der Waals surface area contributed by atoms with Crippen molar-refractivity contribution in [1.82, 2.24) is 24.4 Å². The number of piperidine rings is 1. The van der Waals surface area contributed by atoms with Gasteiger partial charge in [-0.25, -0.2) is 4.98 Å². The molecule has 0 bridgehead atoms. The van der Waals surface area contributed by atoms with Gasteiger partial charge in [0.15, 0.2) is 5.65 Å². The molecule has 3 aromatic heterocycles. The summed E-state index contributed by atoms with van der Waals surface area (Å²) in [5.41, 5.74) is 0.776. The minimum absolute atomic E-state index is 0.0312. The molecule has 0 saturated carbocycles. The molecule has 0 amide bonds. The molecule has 4 aromatic rings. The zero-order valence-electron chi connectivity index (χ0n) is 18.6. The van der Waals surface area contributed by atoms with Crippen molar-refractivity contribution in [3.05, 3.63) is 63.5 Å². The Hall–Kier alpha value is -2.95. The highest BCUT2D eigenvalue weighted by atomic mass is 35.5. The lowest BCUT2D eigenvalue weighted by molar-refractivity contribution is -0.137. The van der Waals surface area contributed by atoms with E-state index in [9.17, 15) is 13.2 Å². The molecule has 13 heteroatoms. The second kappa shape index (κ2) is 9.17. The van der Waals surface area contributed by atoms with Gasteiger partial charge in [-0.1, -0.05) is 46.5 Å². The summed E-state index contributed by atoms with van der Waals surface area (Å²) in [4.78, 5) is 10.6. The van der Waals surface area contributed by atoms with Crippen LogP contribution in [0.4, 0.5) is 13.2 Å². The fraction of sp³-hybridized carbons (Fsp3) is 0.261. The molecule has 7 nitrogen and oxygen atoms in total. The molecule has 0 spiro atoms. The predicted octanol–water partition coefficient (Wildman–Crippen LogP) is 7.02. The number of pyridine rings is 1. The van der Waals surface area contributed by atoms with Gasteiger partial charge in [-0.05, 0) is 25.0 Å². The lowest BCUT2D eigenvalue weighted by atomic mass is 10.1. The van der Waals surface area contributed by atoms with Crippen LogP contribution in [0.1, 0.15) is 18.4 Å². The van der Waals surface area contributed by atoms with E-state index >= 15 is 0 Å². The Bertz CT molecular complexity index is 1480. The number of halogens is 6. The molecule has 1 unspecified atom stereocenters. The standard InChI is InChI=1S/C23H17Cl3F3N5O2/c1-11-3-4-13(9-33(11)2)35-19-7-15(24)14(6-16(19)25)20-31-22(36-32-20)18-10-34-8-12(23(27,28)29)5-17(26)21(34)30-18/h5-8,10,13H,1,3-4,9H2,2H3. The van der Waals surface area contributed by atoms with Gasteiger partial charge < -0.3 is 18.6 Å². The van der Waals surface area contributed by atoms with Crippen LogP contribution in [0, 0.1) is 0 Å². The highest BCUT2D eigenvalue weighted by Gasteiger charge is 2.32. The molecular weight excluding hydrogens is 542 g/mol. The van der Waals surface area contributed by atoms with E-state index in [1.165, 1.54) is 6.20 Å². The van der Waals surface area contributed by atoms with Gasteiger partial charge in [-0.3, -0.25) is 0 Å². The fourth-order valence-corrected chi connectivity index (χ4v) is 4.57. The number of alkyl halides is 3. The van der Waals surface area contributed by atoms with Gasteiger partial charge in [0.2, 0.25) is 5.82 Å². The third kappa shape index (κ3) is 4.72. The Morgan fingerprint density at radius 1 is 1.08 bits per heavy atom. The number of hydrogen-bond donors (Lipinski definition) is 0. The van der Waals surface area contributed by atoms with Crippen molar-refractivity contribution >= 4 is 40.4 Å². The second-order valence-corrected chi connectivity index (χ2v) is 9.56.